The van der Waals surface area contributed by atoms with Crippen LogP contribution in [0, 0.1) is 0 Å². The summed E-state index contributed by atoms with van der Waals surface area (Å²) in [6, 6.07) is -0.807. The number of nitrogens with one attached hydrogen (secondary N) is 1. The van der Waals surface area contributed by atoms with E-state index in [0.717, 1.165) is 44.9 Å². The van der Waals surface area contributed by atoms with Gasteiger partial charge in [-0.3, -0.25) is 9.59 Å². The molecule has 0 aromatic rings. The maximum absolute atomic E-state index is 11.5. The van der Waals surface area contributed by atoms with Crippen molar-refractivity contribution in [3.05, 3.63) is 36.5 Å². The normalized spacial score (nSPS) is 13.0. The molecule has 0 saturated heterocycles. The van der Waals surface area contributed by atoms with Gasteiger partial charge in [0.2, 0.25) is 5.91 Å². The Balaban J connectivity index is 3.44. The number of hydrogen-bond acceptors (Lipinski definition) is 2. The lowest BCUT2D eigenvalue weighted by atomic mass is 10.1. The van der Waals surface area contributed by atoms with Crippen LogP contribution in [0.5, 0.6) is 0 Å². The maximum Gasteiger partial charge on any atom is 0.325 e. The smallest absolute Gasteiger partial charge is 0.325 e. The van der Waals surface area contributed by atoms with Crippen LogP contribution in [-0.4, -0.2) is 23.0 Å². The molecule has 0 aromatic heterocycles. The van der Waals surface area contributed by atoms with Crippen molar-refractivity contribution in [2.75, 3.05) is 0 Å². The highest BCUT2D eigenvalue weighted by molar-refractivity contribution is 5.83. The van der Waals surface area contributed by atoms with Crippen molar-refractivity contribution in [1.29, 1.82) is 0 Å². The second-order valence-corrected chi connectivity index (χ2v) is 6.96. The van der Waals surface area contributed by atoms with Crippen LogP contribution < -0.4 is 5.32 Å². The number of carbonyl (C=O) groups is 2. The van der Waals surface area contributed by atoms with Gasteiger partial charge in [-0.15, -0.1) is 0 Å². The first-order valence-electron chi connectivity index (χ1n) is 10.5. The number of unbranched alkanes of at least 4 members (excludes halogenated alkanes) is 7. The molecule has 1 amide bonds. The Labute approximate surface area is 165 Å². The topological polar surface area (TPSA) is 66.4 Å². The van der Waals surface area contributed by atoms with Crippen molar-refractivity contribution in [3.63, 3.8) is 0 Å². The molecule has 0 aromatic carbocycles. The Morgan fingerprint density at radius 1 is 0.815 bits per heavy atom. The Morgan fingerprint density at radius 2 is 1.33 bits per heavy atom. The fraction of sp³-hybridized carbons (Fsp3) is 0.652. The minimum absolute atomic E-state index is 0.174. The van der Waals surface area contributed by atoms with E-state index >= 15 is 0 Å². The summed E-state index contributed by atoms with van der Waals surface area (Å²) in [6.45, 7) is 3.71. The SMILES string of the molecule is CCCCC/C=C\C/C=C\C/C=C\CCCCCCC(=O)NC(C)C(=O)O. The molecule has 27 heavy (non-hydrogen) atoms. The summed E-state index contributed by atoms with van der Waals surface area (Å²) in [5.41, 5.74) is 0. The van der Waals surface area contributed by atoms with Crippen LogP contribution >= 0.6 is 0 Å². The van der Waals surface area contributed by atoms with Gasteiger partial charge in [0, 0.05) is 6.42 Å². The van der Waals surface area contributed by atoms with Gasteiger partial charge in [-0.25, -0.2) is 0 Å². The summed E-state index contributed by atoms with van der Waals surface area (Å²) in [4.78, 5) is 22.2. The lowest BCUT2D eigenvalue weighted by molar-refractivity contribution is -0.141. The molecule has 0 aliphatic rings. The van der Waals surface area contributed by atoms with E-state index in [9.17, 15) is 9.59 Å². The number of amides is 1. The van der Waals surface area contributed by atoms with Crippen molar-refractivity contribution in [1.82, 2.24) is 5.32 Å². The number of hydrogen-bond donors (Lipinski definition) is 2. The fourth-order valence-corrected chi connectivity index (χ4v) is 2.57. The van der Waals surface area contributed by atoms with E-state index in [-0.39, 0.29) is 5.91 Å². The van der Waals surface area contributed by atoms with Gasteiger partial charge in [-0.05, 0) is 51.9 Å². The van der Waals surface area contributed by atoms with Crippen LogP contribution in [0.2, 0.25) is 0 Å². The molecular formula is C23H39NO3. The molecule has 0 heterocycles. The van der Waals surface area contributed by atoms with Crippen molar-refractivity contribution < 1.29 is 14.7 Å². The third-order valence-corrected chi connectivity index (χ3v) is 4.29. The molecule has 154 valence electrons. The maximum atomic E-state index is 11.5. The van der Waals surface area contributed by atoms with Crippen LogP contribution in [0.4, 0.5) is 0 Å². The summed E-state index contributed by atoms with van der Waals surface area (Å²) in [5.74, 6) is -1.17. The second kappa shape index (κ2) is 18.9. The molecule has 0 saturated carbocycles. The summed E-state index contributed by atoms with van der Waals surface area (Å²) in [5, 5.41) is 11.2. The molecule has 2 N–H and O–H groups in total. The highest BCUT2D eigenvalue weighted by Gasteiger charge is 2.12. The van der Waals surface area contributed by atoms with Crippen molar-refractivity contribution in [3.8, 4) is 0 Å². The molecule has 1 atom stereocenters. The predicted octanol–water partition coefficient (Wildman–Crippen LogP) is 5.95. The van der Waals surface area contributed by atoms with Crippen LogP contribution in [-0.2, 0) is 9.59 Å². The lowest BCUT2D eigenvalue weighted by Crippen LogP contribution is -2.38. The molecule has 0 aliphatic heterocycles. The monoisotopic (exact) mass is 377 g/mol. The summed E-state index contributed by atoms with van der Waals surface area (Å²) in [7, 11) is 0. The molecular weight excluding hydrogens is 338 g/mol. The number of carboxylic acid groups (broad SMARTS) is 1. The van der Waals surface area contributed by atoms with Gasteiger partial charge in [-0.2, -0.15) is 0 Å². The first kappa shape index (κ1) is 25.2. The number of carboxylic acids is 1. The number of rotatable bonds is 17. The predicted molar refractivity (Wildman–Crippen MR) is 114 cm³/mol. The molecule has 0 fully saturated rings. The summed E-state index contributed by atoms with van der Waals surface area (Å²) < 4.78 is 0. The van der Waals surface area contributed by atoms with Gasteiger partial charge in [0.25, 0.3) is 0 Å². The van der Waals surface area contributed by atoms with Crippen molar-refractivity contribution in [2.24, 2.45) is 0 Å². The molecule has 1 unspecified atom stereocenters. The number of carbonyl (C=O) groups excluding carboxylic acids is 1. The lowest BCUT2D eigenvalue weighted by Gasteiger charge is -2.08. The largest absolute Gasteiger partial charge is 0.480 e. The average Bonchev–Trinajstić information content (AvgIpc) is 2.64. The minimum Gasteiger partial charge on any atom is -0.480 e. The second-order valence-electron chi connectivity index (χ2n) is 6.96. The molecule has 4 heteroatoms. The van der Waals surface area contributed by atoms with Crippen LogP contribution in [0.15, 0.2) is 36.5 Å². The third kappa shape index (κ3) is 18.7. The van der Waals surface area contributed by atoms with E-state index in [4.69, 9.17) is 5.11 Å². The van der Waals surface area contributed by atoms with Gasteiger partial charge in [-0.1, -0.05) is 69.1 Å². The summed E-state index contributed by atoms with van der Waals surface area (Å²) in [6.07, 6.45) is 26.1. The highest BCUT2D eigenvalue weighted by Crippen LogP contribution is 2.06. The Bertz CT molecular complexity index is 466. The van der Waals surface area contributed by atoms with Crippen LogP contribution in [0.3, 0.4) is 0 Å². The summed E-state index contributed by atoms with van der Waals surface area (Å²) >= 11 is 0. The molecule has 4 nitrogen and oxygen atoms in total. The van der Waals surface area contributed by atoms with Crippen molar-refractivity contribution in [2.45, 2.75) is 96.9 Å². The first-order chi connectivity index (χ1) is 13.1. The van der Waals surface area contributed by atoms with Gasteiger partial charge in [0.15, 0.2) is 0 Å². The molecule has 0 bridgehead atoms. The third-order valence-electron chi connectivity index (χ3n) is 4.29. The van der Waals surface area contributed by atoms with Gasteiger partial charge < -0.3 is 10.4 Å². The fourth-order valence-electron chi connectivity index (χ4n) is 2.57. The standard InChI is InChI=1S/C23H39NO3/c1-3-4-5-6-7-8-9-10-11-12-13-14-15-16-17-18-19-20-22(25)24-21(2)23(26)27/h7-8,10-11,13-14,21H,3-6,9,12,15-20H2,1-2H3,(H,24,25)(H,26,27)/b8-7-,11-10-,14-13-. The Kier molecular flexibility index (Phi) is 17.6. The Morgan fingerprint density at radius 3 is 1.89 bits per heavy atom. The zero-order chi connectivity index (χ0) is 20.2. The van der Waals surface area contributed by atoms with E-state index in [1.807, 2.05) is 0 Å². The van der Waals surface area contributed by atoms with E-state index in [2.05, 4.69) is 48.7 Å². The first-order valence-corrected chi connectivity index (χ1v) is 10.5. The van der Waals surface area contributed by atoms with E-state index in [0.29, 0.717) is 6.42 Å². The molecule has 0 spiro atoms. The number of allylic oxidation sites excluding steroid dienone is 6. The van der Waals surface area contributed by atoms with Crippen LogP contribution in [0.25, 0.3) is 0 Å². The van der Waals surface area contributed by atoms with E-state index in [1.165, 1.54) is 32.6 Å². The quantitative estimate of drug-likeness (QED) is 0.243. The number of aliphatic carboxylic acids is 1. The average molecular weight is 378 g/mol. The molecule has 0 radical (unpaired) electrons. The van der Waals surface area contributed by atoms with Crippen LogP contribution in [0.1, 0.15) is 90.9 Å². The zero-order valence-electron chi connectivity index (χ0n) is 17.3. The van der Waals surface area contributed by atoms with Crippen molar-refractivity contribution >= 4 is 11.9 Å². The minimum atomic E-state index is -0.996. The van der Waals surface area contributed by atoms with E-state index in [1.54, 1.807) is 0 Å². The Hall–Kier alpha value is -1.84. The van der Waals surface area contributed by atoms with Gasteiger partial charge in [0.1, 0.15) is 6.04 Å². The zero-order valence-corrected chi connectivity index (χ0v) is 17.3. The molecule has 0 aliphatic carbocycles. The molecule has 0 rings (SSSR count). The van der Waals surface area contributed by atoms with Gasteiger partial charge in [0.05, 0.1) is 0 Å². The highest BCUT2D eigenvalue weighted by atomic mass is 16.4. The van der Waals surface area contributed by atoms with E-state index < -0.39 is 12.0 Å². The van der Waals surface area contributed by atoms with Gasteiger partial charge >= 0.3 is 5.97 Å².